The first kappa shape index (κ1) is 17.9. The maximum Gasteiger partial charge on any atom is 0.227 e. The third kappa shape index (κ3) is 4.19. The van der Waals surface area contributed by atoms with Gasteiger partial charge >= 0.3 is 0 Å². The Kier molecular flexibility index (Phi) is 5.49. The standard InChI is InChI=1S/C20H22N4O2/c1-14(25)16-3-5-18(6-4-16)23-20(26)17-8-10-24(11-9-17)19-7-2-15(12-21)13-22-19/h2-7,13-14,17,25H,8-11H2,1H3,(H,23,26)/t14-/m1/s1. The molecule has 1 aliphatic heterocycles. The second kappa shape index (κ2) is 7.98. The number of aliphatic hydroxyl groups excluding tert-OH is 1. The minimum absolute atomic E-state index is 0.0268. The Morgan fingerprint density at radius 1 is 1.27 bits per heavy atom. The van der Waals surface area contributed by atoms with Crippen molar-refractivity contribution in [3.63, 3.8) is 0 Å². The van der Waals surface area contributed by atoms with Gasteiger partial charge in [0.25, 0.3) is 0 Å². The van der Waals surface area contributed by atoms with E-state index in [2.05, 4.69) is 21.3 Å². The molecule has 0 saturated carbocycles. The van der Waals surface area contributed by atoms with Crippen molar-refractivity contribution in [2.45, 2.75) is 25.9 Å². The fraction of sp³-hybridized carbons (Fsp3) is 0.350. The molecule has 2 aromatic rings. The number of carbonyl (C=O) groups excluding carboxylic acids is 1. The Bertz CT molecular complexity index is 786. The minimum Gasteiger partial charge on any atom is -0.389 e. The van der Waals surface area contributed by atoms with Crippen molar-refractivity contribution < 1.29 is 9.90 Å². The van der Waals surface area contributed by atoms with E-state index in [1.807, 2.05) is 30.3 Å². The highest BCUT2D eigenvalue weighted by molar-refractivity contribution is 5.92. The monoisotopic (exact) mass is 350 g/mol. The topological polar surface area (TPSA) is 89.2 Å². The highest BCUT2D eigenvalue weighted by atomic mass is 16.3. The van der Waals surface area contributed by atoms with Crippen molar-refractivity contribution in [1.29, 1.82) is 5.26 Å². The molecule has 6 nitrogen and oxygen atoms in total. The zero-order valence-electron chi connectivity index (χ0n) is 14.7. The zero-order valence-corrected chi connectivity index (χ0v) is 14.7. The quantitative estimate of drug-likeness (QED) is 0.885. The molecule has 6 heteroatoms. The van der Waals surface area contributed by atoms with Gasteiger partial charge in [-0.2, -0.15) is 5.26 Å². The number of aliphatic hydroxyl groups is 1. The molecule has 0 radical (unpaired) electrons. The number of carbonyl (C=O) groups is 1. The second-order valence-electron chi connectivity index (χ2n) is 6.57. The molecular formula is C20H22N4O2. The first-order valence-electron chi connectivity index (χ1n) is 8.77. The van der Waals surface area contributed by atoms with E-state index < -0.39 is 6.10 Å². The lowest BCUT2D eigenvalue weighted by atomic mass is 9.95. The van der Waals surface area contributed by atoms with E-state index in [1.165, 1.54) is 0 Å². The van der Waals surface area contributed by atoms with E-state index >= 15 is 0 Å². The van der Waals surface area contributed by atoms with Crippen LogP contribution >= 0.6 is 0 Å². The summed E-state index contributed by atoms with van der Waals surface area (Å²) in [4.78, 5) is 18.9. The Labute approximate surface area is 153 Å². The summed E-state index contributed by atoms with van der Waals surface area (Å²) in [5, 5.41) is 21.3. The van der Waals surface area contributed by atoms with Crippen LogP contribution in [-0.2, 0) is 4.79 Å². The SMILES string of the molecule is C[C@@H](O)c1ccc(NC(=O)C2CCN(c3ccc(C#N)cn3)CC2)cc1. The summed E-state index contributed by atoms with van der Waals surface area (Å²) >= 11 is 0. The van der Waals surface area contributed by atoms with E-state index in [0.29, 0.717) is 5.56 Å². The van der Waals surface area contributed by atoms with Crippen molar-refractivity contribution >= 4 is 17.4 Å². The van der Waals surface area contributed by atoms with Crippen LogP contribution in [-0.4, -0.2) is 29.1 Å². The summed E-state index contributed by atoms with van der Waals surface area (Å²) in [6.45, 7) is 3.24. The van der Waals surface area contributed by atoms with Crippen molar-refractivity contribution in [1.82, 2.24) is 4.98 Å². The molecule has 1 atom stereocenters. The molecule has 1 amide bonds. The van der Waals surface area contributed by atoms with E-state index in [9.17, 15) is 9.90 Å². The maximum absolute atomic E-state index is 12.5. The number of anilines is 2. The van der Waals surface area contributed by atoms with E-state index in [0.717, 1.165) is 43.0 Å². The fourth-order valence-electron chi connectivity index (χ4n) is 3.10. The number of nitriles is 1. The predicted octanol–water partition coefficient (Wildman–Crippen LogP) is 2.86. The van der Waals surface area contributed by atoms with Crippen LogP contribution in [0.25, 0.3) is 0 Å². The van der Waals surface area contributed by atoms with Crippen molar-refractivity contribution in [2.24, 2.45) is 5.92 Å². The largest absolute Gasteiger partial charge is 0.389 e. The molecule has 1 aromatic carbocycles. The number of pyridine rings is 1. The molecule has 1 saturated heterocycles. The van der Waals surface area contributed by atoms with Crippen LogP contribution in [0.2, 0.25) is 0 Å². The summed E-state index contributed by atoms with van der Waals surface area (Å²) < 4.78 is 0. The molecular weight excluding hydrogens is 328 g/mol. The Hall–Kier alpha value is -2.91. The van der Waals surface area contributed by atoms with Crippen LogP contribution < -0.4 is 10.2 Å². The van der Waals surface area contributed by atoms with E-state index in [4.69, 9.17) is 5.26 Å². The summed E-state index contributed by atoms with van der Waals surface area (Å²) in [5.41, 5.74) is 2.12. The lowest BCUT2D eigenvalue weighted by molar-refractivity contribution is -0.120. The van der Waals surface area contributed by atoms with Crippen molar-refractivity contribution in [3.05, 3.63) is 53.7 Å². The van der Waals surface area contributed by atoms with Gasteiger partial charge in [0.05, 0.1) is 11.7 Å². The number of piperidine rings is 1. The molecule has 1 fully saturated rings. The van der Waals surface area contributed by atoms with Crippen LogP contribution in [0.3, 0.4) is 0 Å². The van der Waals surface area contributed by atoms with Gasteiger partial charge in [-0.25, -0.2) is 4.98 Å². The van der Waals surface area contributed by atoms with E-state index in [-0.39, 0.29) is 11.8 Å². The normalized spacial score (nSPS) is 16.0. The van der Waals surface area contributed by atoms with Gasteiger partial charge in [-0.15, -0.1) is 0 Å². The first-order valence-corrected chi connectivity index (χ1v) is 8.77. The number of hydrogen-bond donors (Lipinski definition) is 2. The van der Waals surface area contributed by atoms with Crippen LogP contribution in [0.15, 0.2) is 42.6 Å². The number of rotatable bonds is 4. The summed E-state index contributed by atoms with van der Waals surface area (Å²) in [7, 11) is 0. The van der Waals surface area contributed by atoms with E-state index in [1.54, 1.807) is 19.2 Å². The van der Waals surface area contributed by atoms with Gasteiger partial charge in [-0.1, -0.05) is 12.1 Å². The van der Waals surface area contributed by atoms with Gasteiger partial charge in [-0.3, -0.25) is 4.79 Å². The number of nitrogens with one attached hydrogen (secondary N) is 1. The lowest BCUT2D eigenvalue weighted by Crippen LogP contribution is -2.38. The molecule has 0 bridgehead atoms. The summed E-state index contributed by atoms with van der Waals surface area (Å²) in [6, 6.07) is 12.9. The van der Waals surface area contributed by atoms with Crippen LogP contribution in [0.1, 0.15) is 37.0 Å². The van der Waals surface area contributed by atoms with Crippen molar-refractivity contribution in [3.8, 4) is 6.07 Å². The van der Waals surface area contributed by atoms with Crippen molar-refractivity contribution in [2.75, 3.05) is 23.3 Å². The predicted molar refractivity (Wildman–Crippen MR) is 99.6 cm³/mol. The Morgan fingerprint density at radius 3 is 2.50 bits per heavy atom. The Balaban J connectivity index is 1.53. The molecule has 1 aromatic heterocycles. The first-order chi connectivity index (χ1) is 12.6. The molecule has 0 aliphatic carbocycles. The number of benzene rings is 1. The molecule has 0 spiro atoms. The summed E-state index contributed by atoms with van der Waals surface area (Å²) in [6.07, 6.45) is 2.59. The lowest BCUT2D eigenvalue weighted by Gasteiger charge is -2.32. The van der Waals surface area contributed by atoms with Gasteiger partial charge in [0.1, 0.15) is 11.9 Å². The fourth-order valence-corrected chi connectivity index (χ4v) is 3.10. The number of amides is 1. The molecule has 3 rings (SSSR count). The van der Waals surface area contributed by atoms with Gasteiger partial charge < -0.3 is 15.3 Å². The molecule has 2 heterocycles. The molecule has 0 unspecified atom stereocenters. The highest BCUT2D eigenvalue weighted by Crippen LogP contribution is 2.24. The molecule has 1 aliphatic rings. The number of nitrogens with zero attached hydrogens (tertiary/aromatic N) is 3. The van der Waals surface area contributed by atoms with Gasteiger partial charge in [0, 0.05) is 30.9 Å². The average Bonchev–Trinajstić information content (AvgIpc) is 2.68. The van der Waals surface area contributed by atoms with Gasteiger partial charge in [-0.05, 0) is 49.6 Å². The third-order valence-corrected chi connectivity index (χ3v) is 4.73. The zero-order chi connectivity index (χ0) is 18.5. The number of hydrogen-bond acceptors (Lipinski definition) is 5. The van der Waals surface area contributed by atoms with Gasteiger partial charge in [0.15, 0.2) is 0 Å². The van der Waals surface area contributed by atoms with Crippen LogP contribution in [0.5, 0.6) is 0 Å². The van der Waals surface area contributed by atoms with Crippen LogP contribution in [0, 0.1) is 17.2 Å². The Morgan fingerprint density at radius 2 is 1.96 bits per heavy atom. The second-order valence-corrected chi connectivity index (χ2v) is 6.57. The molecule has 26 heavy (non-hydrogen) atoms. The average molecular weight is 350 g/mol. The maximum atomic E-state index is 12.5. The number of aromatic nitrogens is 1. The molecule has 2 N–H and O–H groups in total. The minimum atomic E-state index is -0.514. The third-order valence-electron chi connectivity index (χ3n) is 4.73. The highest BCUT2D eigenvalue weighted by Gasteiger charge is 2.25. The van der Waals surface area contributed by atoms with Crippen LogP contribution in [0.4, 0.5) is 11.5 Å². The van der Waals surface area contributed by atoms with Gasteiger partial charge in [0.2, 0.25) is 5.91 Å². The summed E-state index contributed by atoms with van der Waals surface area (Å²) in [5.74, 6) is 0.847. The molecule has 134 valence electrons. The smallest absolute Gasteiger partial charge is 0.227 e.